The quantitative estimate of drug-likeness (QED) is 0.817. The van der Waals surface area contributed by atoms with Crippen molar-refractivity contribution in [2.75, 3.05) is 0 Å². The van der Waals surface area contributed by atoms with Crippen LogP contribution in [0.5, 0.6) is 0 Å². The monoisotopic (exact) mass is 225 g/mol. The molecule has 0 aliphatic carbocycles. The van der Waals surface area contributed by atoms with Gasteiger partial charge in [0.05, 0.1) is 0 Å². The molecule has 0 radical (unpaired) electrons. The standard InChI is InChI=1S/C14H11NO2/c16-14(17)7-6-12-10-15-9-8-13(12)11-4-2-1-3-5-11/h1-10H,(H,16,17)/b7-6+. The van der Waals surface area contributed by atoms with Gasteiger partial charge >= 0.3 is 5.97 Å². The summed E-state index contributed by atoms with van der Waals surface area (Å²) < 4.78 is 0. The summed E-state index contributed by atoms with van der Waals surface area (Å²) in [6.07, 6.45) is 6.02. The average molecular weight is 225 g/mol. The number of carbonyl (C=O) groups is 1. The Morgan fingerprint density at radius 3 is 2.65 bits per heavy atom. The molecule has 1 N–H and O–H groups in total. The molecular formula is C14H11NO2. The maximum absolute atomic E-state index is 10.5. The van der Waals surface area contributed by atoms with Crippen molar-refractivity contribution in [3.8, 4) is 11.1 Å². The van der Waals surface area contributed by atoms with E-state index in [1.807, 2.05) is 36.4 Å². The van der Waals surface area contributed by atoms with E-state index in [4.69, 9.17) is 5.11 Å². The van der Waals surface area contributed by atoms with Gasteiger partial charge in [-0.15, -0.1) is 0 Å². The summed E-state index contributed by atoms with van der Waals surface area (Å²) >= 11 is 0. The first-order chi connectivity index (χ1) is 8.27. The van der Waals surface area contributed by atoms with Crippen molar-refractivity contribution in [1.29, 1.82) is 0 Å². The highest BCUT2D eigenvalue weighted by molar-refractivity contribution is 5.87. The molecule has 0 atom stereocenters. The van der Waals surface area contributed by atoms with Gasteiger partial charge in [-0.2, -0.15) is 0 Å². The highest BCUT2D eigenvalue weighted by Crippen LogP contribution is 2.23. The van der Waals surface area contributed by atoms with E-state index in [0.29, 0.717) is 0 Å². The number of hydrogen-bond donors (Lipinski definition) is 1. The largest absolute Gasteiger partial charge is 0.478 e. The van der Waals surface area contributed by atoms with Crippen molar-refractivity contribution in [3.63, 3.8) is 0 Å². The van der Waals surface area contributed by atoms with Gasteiger partial charge in [0.25, 0.3) is 0 Å². The Morgan fingerprint density at radius 2 is 1.94 bits per heavy atom. The van der Waals surface area contributed by atoms with Crippen LogP contribution in [-0.4, -0.2) is 16.1 Å². The van der Waals surface area contributed by atoms with Crippen molar-refractivity contribution >= 4 is 12.0 Å². The minimum Gasteiger partial charge on any atom is -0.478 e. The van der Waals surface area contributed by atoms with E-state index in [0.717, 1.165) is 22.8 Å². The van der Waals surface area contributed by atoms with Crippen LogP contribution >= 0.6 is 0 Å². The second kappa shape index (κ2) is 5.07. The SMILES string of the molecule is O=C(O)/C=C/c1cnccc1-c1ccccc1. The van der Waals surface area contributed by atoms with Crippen LogP contribution in [0.1, 0.15) is 5.56 Å². The van der Waals surface area contributed by atoms with Crippen molar-refractivity contribution in [1.82, 2.24) is 4.98 Å². The molecule has 0 saturated heterocycles. The Bertz CT molecular complexity index is 547. The number of carboxylic acid groups (broad SMARTS) is 1. The first-order valence-electron chi connectivity index (χ1n) is 5.18. The summed E-state index contributed by atoms with van der Waals surface area (Å²) in [4.78, 5) is 14.5. The predicted octanol–water partition coefficient (Wildman–Crippen LogP) is 2.85. The number of nitrogens with zero attached hydrogens (tertiary/aromatic N) is 1. The van der Waals surface area contributed by atoms with Gasteiger partial charge in [-0.25, -0.2) is 4.79 Å². The molecule has 0 bridgehead atoms. The van der Waals surface area contributed by atoms with Crippen molar-refractivity contribution < 1.29 is 9.90 Å². The predicted molar refractivity (Wildman–Crippen MR) is 66.3 cm³/mol. The maximum Gasteiger partial charge on any atom is 0.328 e. The molecule has 0 amide bonds. The Kier molecular flexibility index (Phi) is 3.31. The number of aliphatic carboxylic acids is 1. The van der Waals surface area contributed by atoms with Crippen LogP contribution < -0.4 is 0 Å². The molecule has 0 saturated carbocycles. The third kappa shape index (κ3) is 2.78. The lowest BCUT2D eigenvalue weighted by Crippen LogP contribution is -1.88. The molecule has 84 valence electrons. The summed E-state index contributed by atoms with van der Waals surface area (Å²) in [5.74, 6) is -0.965. The Labute approximate surface area is 99.1 Å². The molecule has 0 fully saturated rings. The first kappa shape index (κ1) is 11.1. The molecule has 2 rings (SSSR count). The van der Waals surface area contributed by atoms with Gasteiger partial charge in [0, 0.05) is 24.0 Å². The van der Waals surface area contributed by atoms with Crippen LogP contribution in [0.2, 0.25) is 0 Å². The van der Waals surface area contributed by atoms with Gasteiger partial charge < -0.3 is 5.11 Å². The summed E-state index contributed by atoms with van der Waals surface area (Å²) in [6, 6.07) is 11.7. The number of hydrogen-bond acceptors (Lipinski definition) is 2. The molecule has 1 heterocycles. The van der Waals surface area contributed by atoms with E-state index in [9.17, 15) is 4.79 Å². The van der Waals surface area contributed by atoms with Gasteiger partial charge in [0.2, 0.25) is 0 Å². The van der Waals surface area contributed by atoms with Crippen LogP contribution in [0.15, 0.2) is 54.9 Å². The topological polar surface area (TPSA) is 50.2 Å². The van der Waals surface area contributed by atoms with Gasteiger partial charge in [-0.05, 0) is 23.3 Å². The normalized spacial score (nSPS) is 10.6. The molecule has 0 spiro atoms. The third-order valence-electron chi connectivity index (χ3n) is 2.34. The summed E-state index contributed by atoms with van der Waals surface area (Å²) in [5, 5.41) is 8.63. The molecule has 1 aromatic carbocycles. The fraction of sp³-hybridized carbons (Fsp3) is 0. The maximum atomic E-state index is 10.5. The lowest BCUT2D eigenvalue weighted by atomic mass is 10.0. The lowest BCUT2D eigenvalue weighted by Gasteiger charge is -2.04. The molecule has 2 aromatic rings. The van der Waals surface area contributed by atoms with E-state index in [1.165, 1.54) is 0 Å². The zero-order chi connectivity index (χ0) is 12.1. The van der Waals surface area contributed by atoms with Gasteiger partial charge in [0.15, 0.2) is 0 Å². The summed E-state index contributed by atoms with van der Waals surface area (Å²) in [7, 11) is 0. The molecule has 1 aromatic heterocycles. The molecule has 17 heavy (non-hydrogen) atoms. The Hall–Kier alpha value is -2.42. The number of aromatic nitrogens is 1. The van der Waals surface area contributed by atoms with E-state index < -0.39 is 5.97 Å². The minimum absolute atomic E-state index is 0.793. The molecule has 0 aliphatic rings. The van der Waals surface area contributed by atoms with Gasteiger partial charge in [-0.1, -0.05) is 30.3 Å². The third-order valence-corrected chi connectivity index (χ3v) is 2.34. The average Bonchev–Trinajstić information content (AvgIpc) is 2.38. The van der Waals surface area contributed by atoms with Crippen LogP contribution in [0.4, 0.5) is 0 Å². The van der Waals surface area contributed by atoms with Crippen molar-refractivity contribution in [2.24, 2.45) is 0 Å². The zero-order valence-electron chi connectivity index (χ0n) is 9.08. The first-order valence-corrected chi connectivity index (χ1v) is 5.18. The van der Waals surface area contributed by atoms with Crippen LogP contribution in [-0.2, 0) is 4.79 Å². The van der Waals surface area contributed by atoms with Crippen LogP contribution in [0, 0.1) is 0 Å². The van der Waals surface area contributed by atoms with Gasteiger partial charge in [0.1, 0.15) is 0 Å². The molecular weight excluding hydrogens is 214 g/mol. The number of rotatable bonds is 3. The molecule has 3 heteroatoms. The van der Waals surface area contributed by atoms with E-state index in [-0.39, 0.29) is 0 Å². The highest BCUT2D eigenvalue weighted by Gasteiger charge is 2.02. The Morgan fingerprint density at radius 1 is 1.18 bits per heavy atom. The Balaban J connectivity index is 2.45. The smallest absolute Gasteiger partial charge is 0.328 e. The second-order valence-corrected chi connectivity index (χ2v) is 3.50. The summed E-state index contributed by atoms with van der Waals surface area (Å²) in [6.45, 7) is 0. The fourth-order valence-corrected chi connectivity index (χ4v) is 1.58. The number of benzene rings is 1. The zero-order valence-corrected chi connectivity index (χ0v) is 9.08. The number of pyridine rings is 1. The molecule has 0 aliphatic heterocycles. The van der Waals surface area contributed by atoms with Crippen LogP contribution in [0.3, 0.4) is 0 Å². The van der Waals surface area contributed by atoms with E-state index in [2.05, 4.69) is 4.98 Å². The molecule has 0 unspecified atom stereocenters. The number of carboxylic acids is 1. The lowest BCUT2D eigenvalue weighted by molar-refractivity contribution is -0.131. The minimum atomic E-state index is -0.965. The van der Waals surface area contributed by atoms with Gasteiger partial charge in [-0.3, -0.25) is 4.98 Å². The summed E-state index contributed by atoms with van der Waals surface area (Å²) in [5.41, 5.74) is 2.80. The van der Waals surface area contributed by atoms with Crippen LogP contribution in [0.25, 0.3) is 17.2 Å². The van der Waals surface area contributed by atoms with Crippen molar-refractivity contribution in [2.45, 2.75) is 0 Å². The van der Waals surface area contributed by atoms with E-state index in [1.54, 1.807) is 18.5 Å². The highest BCUT2D eigenvalue weighted by atomic mass is 16.4. The van der Waals surface area contributed by atoms with E-state index >= 15 is 0 Å². The van der Waals surface area contributed by atoms with Crippen molar-refractivity contribution in [3.05, 3.63) is 60.4 Å². The molecule has 3 nitrogen and oxygen atoms in total. The fourth-order valence-electron chi connectivity index (χ4n) is 1.58. The second-order valence-electron chi connectivity index (χ2n) is 3.50.